The predicted octanol–water partition coefficient (Wildman–Crippen LogP) is 18.1. The molecule has 5 nitrogen and oxygen atoms in total. The fourth-order valence-corrected chi connectivity index (χ4v) is 10.4. The van der Waals surface area contributed by atoms with Crippen LogP contribution in [0.2, 0.25) is 0 Å². The highest BCUT2D eigenvalue weighted by molar-refractivity contribution is 6.16. The average molecular weight is 1040 g/mol. The first kappa shape index (κ1) is 51.0. The molecule has 0 spiro atoms. The van der Waals surface area contributed by atoms with Crippen LogP contribution in [0, 0.1) is 0 Å². The summed E-state index contributed by atoms with van der Waals surface area (Å²) in [6, 6.07) is 113. The predicted molar refractivity (Wildman–Crippen MR) is 335 cm³/mol. The van der Waals surface area contributed by atoms with Gasteiger partial charge in [-0.2, -0.15) is 0 Å². The zero-order valence-electron chi connectivity index (χ0n) is 44.5. The van der Waals surface area contributed by atoms with Gasteiger partial charge in [-0.1, -0.05) is 279 Å². The highest BCUT2D eigenvalue weighted by Gasteiger charge is 2.40. The number of aliphatic imine (C=N–C) groups is 4. The minimum atomic E-state index is -0.984. The number of benzene rings is 11. The molecule has 1 aromatic heterocycles. The quantitative estimate of drug-likeness (QED) is 0.0702. The van der Waals surface area contributed by atoms with Crippen molar-refractivity contribution in [2.24, 2.45) is 20.0 Å². The third-order valence-corrected chi connectivity index (χ3v) is 14.4. The molecule has 12 rings (SSSR count). The van der Waals surface area contributed by atoms with Crippen molar-refractivity contribution in [1.29, 1.82) is 0 Å². The fourth-order valence-electron chi connectivity index (χ4n) is 10.4. The summed E-state index contributed by atoms with van der Waals surface area (Å²) in [5, 5.41) is 0. The maximum atomic E-state index is 5.48. The van der Waals surface area contributed by atoms with E-state index < -0.39 is 5.41 Å². The summed E-state index contributed by atoms with van der Waals surface area (Å²) in [5.41, 5.74) is 17.8. The number of aromatic nitrogens is 1. The van der Waals surface area contributed by atoms with Gasteiger partial charge in [0.2, 0.25) is 0 Å². The lowest BCUT2D eigenvalue weighted by molar-refractivity contribution is 0.714. The molecule has 0 aliphatic heterocycles. The van der Waals surface area contributed by atoms with Gasteiger partial charge in [-0.25, -0.2) is 20.0 Å². The van der Waals surface area contributed by atoms with Crippen LogP contribution in [0.1, 0.15) is 66.9 Å². The summed E-state index contributed by atoms with van der Waals surface area (Å²) in [6.45, 7) is 0. The summed E-state index contributed by atoms with van der Waals surface area (Å²) < 4.78 is 0. The Morgan fingerprint density at radius 2 is 0.407 bits per heavy atom. The van der Waals surface area contributed by atoms with Crippen molar-refractivity contribution in [3.8, 4) is 0 Å². The van der Waals surface area contributed by atoms with Gasteiger partial charge in [0.15, 0.2) is 0 Å². The van der Waals surface area contributed by atoms with Crippen LogP contribution >= 0.6 is 0 Å². The van der Waals surface area contributed by atoms with Gasteiger partial charge in [0.05, 0.1) is 62.9 Å². The maximum absolute atomic E-state index is 5.48. The third-order valence-electron chi connectivity index (χ3n) is 14.4. The Hall–Kier alpha value is -10.8. The van der Waals surface area contributed by atoms with Crippen LogP contribution < -0.4 is 0 Å². The number of pyridine rings is 1. The van der Waals surface area contributed by atoms with Crippen LogP contribution in [0.25, 0.3) is 0 Å². The van der Waals surface area contributed by atoms with Crippen LogP contribution in [-0.4, -0.2) is 27.8 Å². The summed E-state index contributed by atoms with van der Waals surface area (Å²) in [5.74, 6) is 0. The van der Waals surface area contributed by atoms with Crippen LogP contribution in [0.3, 0.4) is 0 Å². The summed E-state index contributed by atoms with van der Waals surface area (Å²) in [7, 11) is 0. The zero-order chi connectivity index (χ0) is 54.5. The highest BCUT2D eigenvalue weighted by Crippen LogP contribution is 2.46. The van der Waals surface area contributed by atoms with Crippen molar-refractivity contribution >= 4 is 45.6 Å². The van der Waals surface area contributed by atoms with Gasteiger partial charge >= 0.3 is 0 Å². The fraction of sp³-hybridized carbons (Fsp3) is 0.0132. The standard InChI is InChI=1S/C76H55N5/c1-9-25-56(26-10-1)72(57-27-11-2-12-28-57)78-67-47-41-64(42-48-67)76(65-43-49-68(50-44-65)79-73(58-29-13-3-14-30-58)59-31-15-4-16-32-59,66-45-51-69(52-46-66)80-74(60-33-17-5-18-34-60)61-35-19-6-20-36-61)71-54-53-70(55-77-71)81-75(62-37-21-7-22-38-62)63-39-23-8-24-40-63/h1-55H. The first-order valence-electron chi connectivity index (χ1n) is 27.2. The Bertz CT molecular complexity index is 3380. The van der Waals surface area contributed by atoms with E-state index in [0.717, 1.165) is 112 Å². The molecule has 0 atom stereocenters. The summed E-state index contributed by atoms with van der Waals surface area (Å²) in [6.07, 6.45) is 1.90. The highest BCUT2D eigenvalue weighted by atomic mass is 14.8. The Labute approximate surface area is 474 Å². The Morgan fingerprint density at radius 1 is 0.210 bits per heavy atom. The van der Waals surface area contributed by atoms with E-state index in [1.165, 1.54) is 0 Å². The molecule has 0 unspecified atom stereocenters. The zero-order valence-corrected chi connectivity index (χ0v) is 44.5. The second-order valence-corrected chi connectivity index (χ2v) is 19.6. The number of rotatable bonds is 16. The Morgan fingerprint density at radius 3 is 0.605 bits per heavy atom. The van der Waals surface area contributed by atoms with Gasteiger partial charge < -0.3 is 0 Å². The van der Waals surface area contributed by atoms with Crippen LogP contribution in [0.15, 0.2) is 354 Å². The second kappa shape index (κ2) is 24.3. The molecule has 0 radical (unpaired) electrons. The molecule has 0 fully saturated rings. The molecule has 1 heterocycles. The van der Waals surface area contributed by atoms with Gasteiger partial charge in [0.25, 0.3) is 0 Å². The van der Waals surface area contributed by atoms with Crippen molar-refractivity contribution in [1.82, 2.24) is 4.98 Å². The van der Waals surface area contributed by atoms with E-state index in [9.17, 15) is 0 Å². The van der Waals surface area contributed by atoms with Crippen molar-refractivity contribution < 1.29 is 0 Å². The molecule has 0 aliphatic carbocycles. The van der Waals surface area contributed by atoms with E-state index in [1.807, 2.05) is 79.0 Å². The first-order chi connectivity index (χ1) is 40.2. The molecule has 5 heteroatoms. The normalized spacial score (nSPS) is 11.0. The Kier molecular flexibility index (Phi) is 15.3. The largest absolute Gasteiger partial charge is 0.257 e. The lowest BCUT2D eigenvalue weighted by Crippen LogP contribution is -2.32. The van der Waals surface area contributed by atoms with Gasteiger partial charge in [-0.05, 0) is 65.2 Å². The SMILES string of the molecule is c1ccc(C(=Nc2ccc(C(c3ccc(N=C(c4ccccc4)c4ccccc4)cc3)(c3ccc(N=C(c4ccccc4)c4ccccc4)cc3)c3ccc(N=C(c4ccccc4)c4ccccc4)cn3)cc2)c2ccccc2)cc1. The minimum Gasteiger partial charge on any atom is -0.257 e. The third kappa shape index (κ3) is 11.5. The molecule has 384 valence electrons. The average Bonchev–Trinajstić information content (AvgIpc) is 3.59. The number of hydrogen-bond donors (Lipinski definition) is 0. The molecular formula is C76H55N5. The molecule has 12 aromatic rings. The van der Waals surface area contributed by atoms with Gasteiger partial charge in [-0.15, -0.1) is 0 Å². The lowest BCUT2D eigenvalue weighted by atomic mass is 9.67. The smallest absolute Gasteiger partial charge is 0.0873 e. The van der Waals surface area contributed by atoms with E-state index in [0.29, 0.717) is 0 Å². The molecule has 0 amide bonds. The second-order valence-electron chi connectivity index (χ2n) is 19.6. The van der Waals surface area contributed by atoms with E-state index in [4.69, 9.17) is 25.0 Å². The van der Waals surface area contributed by atoms with Gasteiger partial charge in [0.1, 0.15) is 0 Å². The molecule has 0 N–H and O–H groups in total. The minimum absolute atomic E-state index is 0.729. The molecule has 0 saturated heterocycles. The van der Waals surface area contributed by atoms with Crippen LogP contribution in [-0.2, 0) is 5.41 Å². The van der Waals surface area contributed by atoms with Crippen molar-refractivity contribution in [3.63, 3.8) is 0 Å². The van der Waals surface area contributed by atoms with E-state index >= 15 is 0 Å². The first-order valence-corrected chi connectivity index (χ1v) is 27.2. The van der Waals surface area contributed by atoms with Gasteiger partial charge in [-0.3, -0.25) is 4.98 Å². The van der Waals surface area contributed by atoms with Crippen molar-refractivity contribution in [3.05, 3.63) is 401 Å². The molecule has 81 heavy (non-hydrogen) atoms. The van der Waals surface area contributed by atoms with Crippen molar-refractivity contribution in [2.45, 2.75) is 5.41 Å². The lowest BCUT2D eigenvalue weighted by Gasteiger charge is -2.36. The Balaban J connectivity index is 1.06. The topological polar surface area (TPSA) is 62.3 Å². The molecule has 0 bridgehead atoms. The van der Waals surface area contributed by atoms with Crippen molar-refractivity contribution in [2.75, 3.05) is 0 Å². The monoisotopic (exact) mass is 1040 g/mol. The summed E-state index contributed by atoms with van der Waals surface area (Å²) >= 11 is 0. The summed E-state index contributed by atoms with van der Waals surface area (Å²) in [4.78, 5) is 26.9. The maximum Gasteiger partial charge on any atom is 0.0873 e. The van der Waals surface area contributed by atoms with E-state index in [-0.39, 0.29) is 0 Å². The molecule has 11 aromatic carbocycles. The van der Waals surface area contributed by atoms with E-state index in [2.05, 4.69) is 255 Å². The molecule has 0 aliphatic rings. The van der Waals surface area contributed by atoms with Crippen LogP contribution in [0.5, 0.6) is 0 Å². The number of hydrogen-bond acceptors (Lipinski definition) is 5. The molecule has 0 saturated carbocycles. The number of nitrogens with zero attached hydrogens (tertiary/aromatic N) is 5. The van der Waals surface area contributed by atoms with Crippen LogP contribution in [0.4, 0.5) is 22.7 Å². The van der Waals surface area contributed by atoms with E-state index in [1.54, 1.807) is 0 Å². The molecular weight excluding hydrogens is 983 g/mol. The van der Waals surface area contributed by atoms with Gasteiger partial charge in [0, 0.05) is 44.5 Å².